The van der Waals surface area contributed by atoms with Gasteiger partial charge in [0.25, 0.3) is 0 Å². The summed E-state index contributed by atoms with van der Waals surface area (Å²) in [6.45, 7) is 3.68. The summed E-state index contributed by atoms with van der Waals surface area (Å²) in [4.78, 5) is 24.7. The van der Waals surface area contributed by atoms with E-state index >= 15 is 0 Å². The SMILES string of the molecule is CCOC(=O)COc1ccc2ccc3c4c2c1Cc1c(OCC(=O)OCC)ccc2ccc5c(c12)C41OCOCC1(O3)O5. The molecule has 0 aromatic heterocycles. The highest BCUT2D eigenvalue weighted by atomic mass is 16.8. The molecule has 4 aromatic carbocycles. The van der Waals surface area contributed by atoms with Crippen LogP contribution in [0.2, 0.25) is 0 Å². The second-order valence-corrected chi connectivity index (χ2v) is 10.8. The molecule has 0 N–H and O–H groups in total. The Morgan fingerprint density at radius 1 is 0.744 bits per heavy atom. The number of benzene rings is 4. The van der Waals surface area contributed by atoms with E-state index in [4.69, 9.17) is 37.9 Å². The van der Waals surface area contributed by atoms with Gasteiger partial charge < -0.3 is 37.9 Å². The molecule has 10 nitrogen and oxygen atoms in total. The predicted octanol–water partition coefficient (Wildman–Crippen LogP) is 4.51. The molecular formula is C33H28O10. The lowest BCUT2D eigenvalue weighted by atomic mass is 9.74. The molecule has 1 fully saturated rings. The van der Waals surface area contributed by atoms with E-state index < -0.39 is 23.3 Å². The number of hydrogen-bond acceptors (Lipinski definition) is 10. The van der Waals surface area contributed by atoms with E-state index in [0.717, 1.165) is 43.8 Å². The Morgan fingerprint density at radius 3 is 1.77 bits per heavy atom. The third-order valence-corrected chi connectivity index (χ3v) is 8.52. The van der Waals surface area contributed by atoms with Gasteiger partial charge in [0.15, 0.2) is 13.2 Å². The molecule has 1 saturated heterocycles. The molecule has 4 aromatic rings. The van der Waals surface area contributed by atoms with E-state index in [2.05, 4.69) is 0 Å². The van der Waals surface area contributed by atoms with Gasteiger partial charge in [-0.15, -0.1) is 0 Å². The monoisotopic (exact) mass is 584 g/mol. The van der Waals surface area contributed by atoms with E-state index in [9.17, 15) is 9.59 Å². The van der Waals surface area contributed by atoms with Crippen molar-refractivity contribution in [3.05, 3.63) is 70.8 Å². The summed E-state index contributed by atoms with van der Waals surface area (Å²) >= 11 is 0. The summed E-state index contributed by atoms with van der Waals surface area (Å²) in [5.41, 5.74) is 2.13. The molecule has 8 rings (SSSR count). The Kier molecular flexibility index (Phi) is 5.76. The molecule has 10 heteroatoms. The Morgan fingerprint density at radius 2 is 1.26 bits per heavy atom. The van der Waals surface area contributed by atoms with Crippen LogP contribution in [0.5, 0.6) is 23.0 Å². The molecule has 1 spiro atoms. The van der Waals surface area contributed by atoms with Gasteiger partial charge in [-0.2, -0.15) is 0 Å². The molecule has 4 aliphatic rings. The average Bonchev–Trinajstić information content (AvgIpc) is 3.46. The molecular weight excluding hydrogens is 556 g/mol. The highest BCUT2D eigenvalue weighted by Gasteiger charge is 2.73. The van der Waals surface area contributed by atoms with E-state index in [1.807, 2.05) is 48.5 Å². The van der Waals surface area contributed by atoms with Crippen molar-refractivity contribution in [3.63, 3.8) is 0 Å². The van der Waals surface area contributed by atoms with Crippen molar-refractivity contribution in [1.82, 2.24) is 0 Å². The Labute approximate surface area is 246 Å². The quantitative estimate of drug-likeness (QED) is 0.275. The third kappa shape index (κ3) is 3.53. The summed E-state index contributed by atoms with van der Waals surface area (Å²) < 4.78 is 48.3. The standard InChI is InChI=1S/C33H28O10/c1-3-37-26(34)14-39-22-9-5-18-7-11-24-30-28(18)20(22)13-21-23(40-15-27(35)38-4-2)10-6-19-8-12-25-31(29(19)21)33(30)32(42-24,43-25)16-36-17-41-33/h5-12H,3-4,13-17H2,1-2H3. The fraction of sp³-hybridized carbons (Fsp3) is 0.333. The van der Waals surface area contributed by atoms with Gasteiger partial charge in [0.1, 0.15) is 36.4 Å². The normalized spacial score (nSPS) is 21.9. The summed E-state index contributed by atoms with van der Waals surface area (Å²) in [5.74, 6) is 0.0575. The fourth-order valence-corrected chi connectivity index (χ4v) is 7.00. The number of ether oxygens (including phenoxy) is 8. The maximum atomic E-state index is 12.3. The van der Waals surface area contributed by atoms with Crippen LogP contribution in [-0.2, 0) is 40.6 Å². The highest BCUT2D eigenvalue weighted by Crippen LogP contribution is 2.66. The molecule has 3 aliphatic heterocycles. The van der Waals surface area contributed by atoms with E-state index in [-0.39, 0.29) is 39.8 Å². The first kappa shape index (κ1) is 26.1. The molecule has 0 unspecified atom stereocenters. The van der Waals surface area contributed by atoms with Crippen molar-refractivity contribution < 1.29 is 47.5 Å². The first-order valence-corrected chi connectivity index (χ1v) is 14.3. The Hall–Kier alpha value is -4.54. The minimum atomic E-state index is -1.30. The summed E-state index contributed by atoms with van der Waals surface area (Å²) in [6.07, 6.45) is 0.359. The molecule has 0 radical (unpaired) electrons. The molecule has 220 valence electrons. The number of hydrogen-bond donors (Lipinski definition) is 0. The first-order valence-electron chi connectivity index (χ1n) is 14.3. The van der Waals surface area contributed by atoms with Crippen LogP contribution in [-0.4, -0.2) is 57.6 Å². The fourth-order valence-electron chi connectivity index (χ4n) is 7.00. The van der Waals surface area contributed by atoms with Gasteiger partial charge in [0.05, 0.1) is 13.2 Å². The van der Waals surface area contributed by atoms with Gasteiger partial charge in [-0.25, -0.2) is 9.59 Å². The van der Waals surface area contributed by atoms with Crippen molar-refractivity contribution >= 4 is 33.5 Å². The van der Waals surface area contributed by atoms with Gasteiger partial charge in [-0.1, -0.05) is 24.3 Å². The van der Waals surface area contributed by atoms with Crippen LogP contribution in [0.3, 0.4) is 0 Å². The van der Waals surface area contributed by atoms with Crippen molar-refractivity contribution in [1.29, 1.82) is 0 Å². The predicted molar refractivity (Wildman–Crippen MR) is 152 cm³/mol. The van der Waals surface area contributed by atoms with E-state index in [1.165, 1.54) is 0 Å². The van der Waals surface area contributed by atoms with Crippen LogP contribution < -0.4 is 18.9 Å². The van der Waals surface area contributed by atoms with Crippen molar-refractivity contribution in [3.8, 4) is 23.0 Å². The van der Waals surface area contributed by atoms with Crippen LogP contribution in [0.4, 0.5) is 0 Å². The summed E-state index contributed by atoms with van der Waals surface area (Å²) in [5, 5.41) is 3.63. The Bertz CT molecular complexity index is 1720. The lowest BCUT2D eigenvalue weighted by Crippen LogP contribution is -2.60. The van der Waals surface area contributed by atoms with Crippen molar-refractivity contribution in [2.45, 2.75) is 31.7 Å². The minimum Gasteiger partial charge on any atom is -0.482 e. The van der Waals surface area contributed by atoms with E-state index in [1.54, 1.807) is 13.8 Å². The molecule has 0 bridgehead atoms. The second-order valence-electron chi connectivity index (χ2n) is 10.8. The van der Waals surface area contributed by atoms with Crippen LogP contribution in [0.25, 0.3) is 21.5 Å². The van der Waals surface area contributed by atoms with Crippen molar-refractivity contribution in [2.75, 3.05) is 39.8 Å². The lowest BCUT2D eigenvalue weighted by molar-refractivity contribution is -0.308. The molecule has 1 aliphatic carbocycles. The number of esters is 2. The van der Waals surface area contributed by atoms with Crippen LogP contribution >= 0.6 is 0 Å². The molecule has 3 heterocycles. The van der Waals surface area contributed by atoms with Crippen LogP contribution in [0, 0.1) is 0 Å². The topological polar surface area (TPSA) is 108 Å². The smallest absolute Gasteiger partial charge is 0.344 e. The first-order chi connectivity index (χ1) is 21.0. The number of carbonyl (C=O) groups is 2. The molecule has 0 atom stereocenters. The van der Waals surface area contributed by atoms with Gasteiger partial charge >= 0.3 is 17.7 Å². The molecule has 0 amide bonds. The maximum absolute atomic E-state index is 12.3. The van der Waals surface area contributed by atoms with Crippen LogP contribution in [0.15, 0.2) is 48.5 Å². The zero-order chi connectivity index (χ0) is 29.3. The van der Waals surface area contributed by atoms with Gasteiger partial charge in [-0.3, -0.25) is 0 Å². The lowest BCUT2D eigenvalue weighted by Gasteiger charge is -2.41. The largest absolute Gasteiger partial charge is 0.482 e. The summed E-state index contributed by atoms with van der Waals surface area (Å²) in [6, 6.07) is 15.5. The molecule has 43 heavy (non-hydrogen) atoms. The van der Waals surface area contributed by atoms with E-state index in [0.29, 0.717) is 29.4 Å². The van der Waals surface area contributed by atoms with Gasteiger partial charge in [0, 0.05) is 28.7 Å². The average molecular weight is 585 g/mol. The highest BCUT2D eigenvalue weighted by molar-refractivity contribution is 6.02. The zero-order valence-electron chi connectivity index (χ0n) is 23.7. The third-order valence-electron chi connectivity index (χ3n) is 8.52. The molecule has 0 saturated carbocycles. The van der Waals surface area contributed by atoms with Gasteiger partial charge in [0.2, 0.25) is 5.60 Å². The number of rotatable bonds is 8. The maximum Gasteiger partial charge on any atom is 0.344 e. The van der Waals surface area contributed by atoms with Crippen LogP contribution in [0.1, 0.15) is 36.1 Å². The minimum absolute atomic E-state index is 0.0306. The Balaban J connectivity index is 1.43. The second kappa shape index (κ2) is 9.48. The van der Waals surface area contributed by atoms with Crippen molar-refractivity contribution in [2.24, 2.45) is 0 Å². The number of carbonyl (C=O) groups excluding carboxylic acids is 2. The summed E-state index contributed by atoms with van der Waals surface area (Å²) in [7, 11) is 0. The van der Waals surface area contributed by atoms with Gasteiger partial charge in [-0.05, 0) is 59.7 Å². The zero-order valence-corrected chi connectivity index (χ0v) is 23.7.